The van der Waals surface area contributed by atoms with Crippen LogP contribution in [0.2, 0.25) is 0 Å². The Morgan fingerprint density at radius 2 is 1.72 bits per heavy atom. The molecular formula is C20H17F2N5O2. The Bertz CT molecular complexity index is 1050. The number of hydrogen-bond acceptors (Lipinski definition) is 4. The molecule has 0 atom stereocenters. The van der Waals surface area contributed by atoms with E-state index in [-0.39, 0.29) is 18.7 Å². The van der Waals surface area contributed by atoms with Gasteiger partial charge in [0.25, 0.3) is 0 Å². The maximum atomic E-state index is 13.8. The number of amides is 2. The first kappa shape index (κ1) is 18.7. The van der Waals surface area contributed by atoms with Gasteiger partial charge in [0.05, 0.1) is 19.3 Å². The molecule has 2 aromatic carbocycles. The monoisotopic (exact) mass is 397 g/mol. The SMILES string of the molecule is O=C1C(=O)N(c2ccccc2)CCN1Cc1cn(Cc2ccc(F)cc2F)nn1. The number of aromatic nitrogens is 3. The first-order chi connectivity index (χ1) is 14.0. The largest absolute Gasteiger partial charge is 0.327 e. The zero-order valence-electron chi connectivity index (χ0n) is 15.3. The van der Waals surface area contributed by atoms with Crippen LogP contribution in [0.5, 0.6) is 0 Å². The lowest BCUT2D eigenvalue weighted by Gasteiger charge is -2.33. The maximum absolute atomic E-state index is 13.8. The van der Waals surface area contributed by atoms with Crippen LogP contribution in [0.3, 0.4) is 0 Å². The van der Waals surface area contributed by atoms with Crippen LogP contribution in [-0.2, 0) is 22.7 Å². The number of nitrogens with zero attached hydrogens (tertiary/aromatic N) is 5. The summed E-state index contributed by atoms with van der Waals surface area (Å²) in [5, 5.41) is 7.91. The van der Waals surface area contributed by atoms with Gasteiger partial charge in [0, 0.05) is 30.4 Å². The van der Waals surface area contributed by atoms with Crippen molar-refractivity contribution in [1.82, 2.24) is 19.9 Å². The van der Waals surface area contributed by atoms with E-state index < -0.39 is 23.4 Å². The first-order valence-corrected chi connectivity index (χ1v) is 9.00. The van der Waals surface area contributed by atoms with Crippen molar-refractivity contribution in [2.45, 2.75) is 13.1 Å². The number of para-hydroxylation sites is 1. The van der Waals surface area contributed by atoms with Crippen molar-refractivity contribution in [1.29, 1.82) is 0 Å². The minimum absolute atomic E-state index is 0.0772. The van der Waals surface area contributed by atoms with Crippen LogP contribution in [0.15, 0.2) is 54.7 Å². The second-order valence-electron chi connectivity index (χ2n) is 6.66. The molecule has 2 amide bonds. The number of rotatable bonds is 5. The summed E-state index contributed by atoms with van der Waals surface area (Å²) < 4.78 is 28.2. The van der Waals surface area contributed by atoms with E-state index >= 15 is 0 Å². The van der Waals surface area contributed by atoms with Crippen LogP contribution in [0, 0.1) is 11.6 Å². The fourth-order valence-electron chi connectivity index (χ4n) is 3.19. The molecule has 0 bridgehead atoms. The molecule has 7 nitrogen and oxygen atoms in total. The average molecular weight is 397 g/mol. The van der Waals surface area contributed by atoms with Crippen LogP contribution >= 0.6 is 0 Å². The van der Waals surface area contributed by atoms with E-state index in [1.165, 1.54) is 26.6 Å². The smallest absolute Gasteiger partial charge is 0.316 e. The highest BCUT2D eigenvalue weighted by Gasteiger charge is 2.33. The van der Waals surface area contributed by atoms with E-state index in [1.54, 1.807) is 18.3 Å². The van der Waals surface area contributed by atoms with Crippen LogP contribution in [0.1, 0.15) is 11.3 Å². The second kappa shape index (κ2) is 7.78. The van der Waals surface area contributed by atoms with Gasteiger partial charge in [-0.25, -0.2) is 13.5 Å². The van der Waals surface area contributed by atoms with Gasteiger partial charge in [-0.1, -0.05) is 29.5 Å². The maximum Gasteiger partial charge on any atom is 0.316 e. The van der Waals surface area contributed by atoms with E-state index in [1.807, 2.05) is 18.2 Å². The van der Waals surface area contributed by atoms with Crippen LogP contribution in [0.25, 0.3) is 0 Å². The normalized spacial score (nSPS) is 14.6. The molecule has 3 aromatic rings. The molecule has 1 aliphatic rings. The topological polar surface area (TPSA) is 71.3 Å². The Hall–Kier alpha value is -3.62. The molecular weight excluding hydrogens is 380 g/mol. The van der Waals surface area contributed by atoms with Crippen LogP contribution < -0.4 is 4.90 Å². The van der Waals surface area contributed by atoms with E-state index in [2.05, 4.69) is 10.3 Å². The highest BCUT2D eigenvalue weighted by atomic mass is 19.1. The summed E-state index contributed by atoms with van der Waals surface area (Å²) in [6.45, 7) is 0.940. The minimum Gasteiger partial charge on any atom is -0.327 e. The lowest BCUT2D eigenvalue weighted by atomic mass is 10.2. The van der Waals surface area contributed by atoms with Crippen molar-refractivity contribution < 1.29 is 18.4 Å². The summed E-state index contributed by atoms with van der Waals surface area (Å²) >= 11 is 0. The van der Waals surface area contributed by atoms with E-state index in [0.29, 0.717) is 24.5 Å². The lowest BCUT2D eigenvalue weighted by molar-refractivity contribution is -0.146. The van der Waals surface area contributed by atoms with Crippen molar-refractivity contribution in [3.05, 3.63) is 77.6 Å². The second-order valence-corrected chi connectivity index (χ2v) is 6.66. The molecule has 1 aromatic heterocycles. The molecule has 1 saturated heterocycles. The van der Waals surface area contributed by atoms with Gasteiger partial charge in [0.15, 0.2) is 0 Å². The zero-order valence-corrected chi connectivity index (χ0v) is 15.3. The number of halogens is 2. The molecule has 0 unspecified atom stereocenters. The van der Waals surface area contributed by atoms with E-state index in [9.17, 15) is 18.4 Å². The number of benzene rings is 2. The standard InChI is InChI=1S/C20H17F2N5O2/c21-15-7-6-14(18(22)10-15)11-26-13-16(23-24-26)12-25-8-9-27(20(29)19(25)28)17-4-2-1-3-5-17/h1-7,10,13H,8-9,11-12H2. The summed E-state index contributed by atoms with van der Waals surface area (Å²) in [4.78, 5) is 27.8. The summed E-state index contributed by atoms with van der Waals surface area (Å²) in [6, 6.07) is 12.3. The molecule has 0 radical (unpaired) electrons. The molecule has 1 aliphatic heterocycles. The first-order valence-electron chi connectivity index (χ1n) is 9.00. The molecule has 0 aliphatic carbocycles. The third-order valence-corrected chi connectivity index (χ3v) is 4.66. The summed E-state index contributed by atoms with van der Waals surface area (Å²) in [5.74, 6) is -2.52. The van der Waals surface area contributed by atoms with Crippen molar-refractivity contribution >= 4 is 17.5 Å². The van der Waals surface area contributed by atoms with Crippen molar-refractivity contribution in [3.8, 4) is 0 Å². The Kier molecular flexibility index (Phi) is 5.03. The zero-order chi connectivity index (χ0) is 20.4. The molecule has 9 heteroatoms. The molecule has 4 rings (SSSR count). The van der Waals surface area contributed by atoms with Gasteiger partial charge in [-0.3, -0.25) is 9.59 Å². The Morgan fingerprint density at radius 3 is 2.48 bits per heavy atom. The van der Waals surface area contributed by atoms with Crippen molar-refractivity contribution in [3.63, 3.8) is 0 Å². The van der Waals surface area contributed by atoms with Gasteiger partial charge in [-0.2, -0.15) is 0 Å². The van der Waals surface area contributed by atoms with Gasteiger partial charge in [0.1, 0.15) is 17.3 Å². The number of anilines is 1. The number of carbonyl (C=O) groups is 2. The van der Waals surface area contributed by atoms with Gasteiger partial charge < -0.3 is 9.80 Å². The van der Waals surface area contributed by atoms with Gasteiger partial charge in [-0.15, -0.1) is 5.10 Å². The van der Waals surface area contributed by atoms with Gasteiger partial charge in [-0.05, 0) is 18.2 Å². The summed E-state index contributed by atoms with van der Waals surface area (Å²) in [7, 11) is 0. The quantitative estimate of drug-likeness (QED) is 0.618. The minimum atomic E-state index is -0.667. The van der Waals surface area contributed by atoms with E-state index in [4.69, 9.17) is 0 Å². The third-order valence-electron chi connectivity index (χ3n) is 4.66. The molecule has 29 heavy (non-hydrogen) atoms. The lowest BCUT2D eigenvalue weighted by Crippen LogP contribution is -2.54. The van der Waals surface area contributed by atoms with Crippen molar-refractivity contribution in [2.75, 3.05) is 18.0 Å². The number of carbonyl (C=O) groups excluding carboxylic acids is 2. The van der Waals surface area contributed by atoms with Crippen molar-refractivity contribution in [2.24, 2.45) is 0 Å². The summed E-state index contributed by atoms with van der Waals surface area (Å²) in [6.07, 6.45) is 1.57. The predicted molar refractivity (Wildman–Crippen MR) is 99.7 cm³/mol. The Balaban J connectivity index is 1.41. The highest BCUT2D eigenvalue weighted by Crippen LogP contribution is 2.18. The fourth-order valence-corrected chi connectivity index (χ4v) is 3.19. The highest BCUT2D eigenvalue weighted by molar-refractivity contribution is 6.40. The molecule has 0 saturated carbocycles. The Labute approximate surface area is 165 Å². The average Bonchev–Trinajstić information content (AvgIpc) is 3.15. The van der Waals surface area contributed by atoms with Gasteiger partial charge in [0.2, 0.25) is 0 Å². The third kappa shape index (κ3) is 3.98. The van der Waals surface area contributed by atoms with Crippen LogP contribution in [-0.4, -0.2) is 44.8 Å². The molecule has 148 valence electrons. The number of piperazine rings is 1. The molecule has 0 N–H and O–H groups in total. The molecule has 2 heterocycles. The van der Waals surface area contributed by atoms with E-state index in [0.717, 1.165) is 6.07 Å². The molecule has 0 spiro atoms. The van der Waals surface area contributed by atoms with Crippen LogP contribution in [0.4, 0.5) is 14.5 Å². The van der Waals surface area contributed by atoms with Gasteiger partial charge >= 0.3 is 11.8 Å². The Morgan fingerprint density at radius 1 is 0.931 bits per heavy atom. The predicted octanol–water partition coefficient (Wildman–Crippen LogP) is 1.98. The summed E-state index contributed by atoms with van der Waals surface area (Å²) in [5.41, 5.74) is 1.42. The fraction of sp³-hybridized carbons (Fsp3) is 0.200. The molecule has 1 fully saturated rings. The number of hydrogen-bond donors (Lipinski definition) is 0.